The topological polar surface area (TPSA) is 63.6 Å². The molecular weight excluding hydrogens is 448 g/mol. The first-order valence-electron chi connectivity index (χ1n) is 11.7. The van der Waals surface area contributed by atoms with Gasteiger partial charge in [-0.2, -0.15) is 0 Å². The molecule has 0 radical (unpaired) electrons. The van der Waals surface area contributed by atoms with Crippen LogP contribution < -0.4 is 4.74 Å². The fraction of sp³-hybridized carbons (Fsp3) is 0.310. The molecule has 0 aromatic heterocycles. The Morgan fingerprint density at radius 2 is 1.26 bits per heavy atom. The third-order valence-electron chi connectivity index (χ3n) is 4.51. The van der Waals surface area contributed by atoms with Gasteiger partial charge in [-0.15, -0.1) is 0 Å². The zero-order chi connectivity index (χ0) is 24.9. The molecule has 0 unspecified atom stereocenters. The van der Waals surface area contributed by atoms with Crippen LogP contribution >= 0.6 is 11.6 Å². The summed E-state index contributed by atoms with van der Waals surface area (Å²) in [5, 5.41) is 9.44. The van der Waals surface area contributed by atoms with Crippen LogP contribution in [0, 0.1) is 0 Å². The highest BCUT2D eigenvalue weighted by Gasteiger charge is 2.14. The molecule has 1 rings (SSSR count). The number of allylic oxidation sites excluding steroid dienone is 12. The van der Waals surface area contributed by atoms with Crippen LogP contribution in [0.1, 0.15) is 68.6 Å². The molecule has 0 spiro atoms. The van der Waals surface area contributed by atoms with Gasteiger partial charge < -0.3 is 9.84 Å². The summed E-state index contributed by atoms with van der Waals surface area (Å²) in [4.78, 5) is 23.2. The first-order chi connectivity index (χ1) is 16.5. The molecule has 182 valence electrons. The summed E-state index contributed by atoms with van der Waals surface area (Å²) in [6.07, 6.45) is 31.9. The summed E-state index contributed by atoms with van der Waals surface area (Å²) in [6.45, 7) is 2.14. The third kappa shape index (κ3) is 14.9. The van der Waals surface area contributed by atoms with Crippen molar-refractivity contribution in [3.05, 3.63) is 102 Å². The second-order valence-electron chi connectivity index (χ2n) is 7.37. The minimum absolute atomic E-state index is 0.00432. The van der Waals surface area contributed by atoms with Crippen LogP contribution in [0.3, 0.4) is 0 Å². The number of hydrogen-bond acceptors (Lipinski definition) is 3. The van der Waals surface area contributed by atoms with E-state index < -0.39 is 11.9 Å². The summed E-state index contributed by atoms with van der Waals surface area (Å²) >= 11 is 5.79. The average molecular weight is 483 g/mol. The molecule has 0 aliphatic rings. The Hall–Kier alpha value is -3.11. The van der Waals surface area contributed by atoms with Crippen molar-refractivity contribution in [3.8, 4) is 5.75 Å². The van der Waals surface area contributed by atoms with Crippen molar-refractivity contribution in [2.45, 2.75) is 58.3 Å². The number of carbonyl (C=O) groups is 2. The Kier molecular flexibility index (Phi) is 16.5. The number of carboxylic acids is 1. The van der Waals surface area contributed by atoms with E-state index >= 15 is 0 Å². The largest absolute Gasteiger partial charge is 0.478 e. The van der Waals surface area contributed by atoms with Gasteiger partial charge in [0, 0.05) is 11.4 Å². The average Bonchev–Trinajstić information content (AvgIpc) is 2.81. The Balaban J connectivity index is 2.13. The maximum atomic E-state index is 11.9. The number of rotatable bonds is 16. The highest BCUT2D eigenvalue weighted by Crippen LogP contribution is 2.23. The molecule has 1 aromatic rings. The standard InChI is InChI=1S/C29H35ClO4/c1-2-3-4-5-6-7-8-9-10-11-12-13-14-15-16-17-18-19-20-21-28(31)34-27-23-22-25(30)24-26(27)29(32)33/h3-4,6-7,9-10,12-13,15-16,18-19,22-24H,2,5,8,11,14,17,20-21H2,1H3,(H,32,33)/b4-3-,7-6-,10-9-,13-12-,16-15-,19-18-. The van der Waals surface area contributed by atoms with Crippen LogP contribution in [0.15, 0.2) is 91.1 Å². The Bertz CT molecular complexity index is 920. The van der Waals surface area contributed by atoms with Gasteiger partial charge in [0.25, 0.3) is 0 Å². The van der Waals surface area contributed by atoms with Gasteiger partial charge in [0.05, 0.1) is 0 Å². The predicted molar refractivity (Wildman–Crippen MR) is 141 cm³/mol. The van der Waals surface area contributed by atoms with Crippen molar-refractivity contribution in [1.29, 1.82) is 0 Å². The monoisotopic (exact) mass is 482 g/mol. The Labute approximate surface area is 208 Å². The maximum Gasteiger partial charge on any atom is 0.339 e. The van der Waals surface area contributed by atoms with Gasteiger partial charge in [0.15, 0.2) is 0 Å². The molecular formula is C29H35ClO4. The molecule has 0 bridgehead atoms. The second-order valence-corrected chi connectivity index (χ2v) is 7.81. The summed E-state index contributed by atoms with van der Waals surface area (Å²) in [6, 6.07) is 4.14. The van der Waals surface area contributed by atoms with Gasteiger partial charge in [-0.25, -0.2) is 4.79 Å². The zero-order valence-corrected chi connectivity index (χ0v) is 20.6. The summed E-state index contributed by atoms with van der Waals surface area (Å²) in [5.41, 5.74) is -0.130. The van der Waals surface area contributed by atoms with Gasteiger partial charge in [0.1, 0.15) is 11.3 Å². The SMILES string of the molecule is CC/C=C\C/C=C\C/C=C\C/C=C\C/C=C\C/C=C\CCC(=O)Oc1ccc(Cl)cc1C(=O)O. The summed E-state index contributed by atoms with van der Waals surface area (Å²) < 4.78 is 5.15. The minimum atomic E-state index is -1.19. The molecule has 0 heterocycles. The van der Waals surface area contributed by atoms with E-state index in [1.165, 1.54) is 18.2 Å². The lowest BCUT2D eigenvalue weighted by Gasteiger charge is -2.07. The van der Waals surface area contributed by atoms with Crippen LogP contribution in [-0.4, -0.2) is 17.0 Å². The van der Waals surface area contributed by atoms with Crippen LogP contribution in [0.25, 0.3) is 0 Å². The Morgan fingerprint density at radius 1 is 0.794 bits per heavy atom. The lowest BCUT2D eigenvalue weighted by atomic mass is 10.2. The highest BCUT2D eigenvalue weighted by atomic mass is 35.5. The molecule has 0 fully saturated rings. The molecule has 1 N–H and O–H groups in total. The smallest absolute Gasteiger partial charge is 0.339 e. The molecule has 0 aliphatic heterocycles. The van der Waals surface area contributed by atoms with Gasteiger partial charge in [-0.05, 0) is 63.1 Å². The molecule has 0 amide bonds. The lowest BCUT2D eigenvalue weighted by molar-refractivity contribution is -0.134. The molecule has 0 atom stereocenters. The van der Waals surface area contributed by atoms with E-state index in [9.17, 15) is 9.59 Å². The van der Waals surface area contributed by atoms with Gasteiger partial charge in [-0.3, -0.25) is 4.79 Å². The van der Waals surface area contributed by atoms with E-state index in [4.69, 9.17) is 21.4 Å². The van der Waals surface area contributed by atoms with Crippen LogP contribution in [0.2, 0.25) is 5.02 Å². The number of esters is 1. The molecule has 0 saturated heterocycles. The van der Waals surface area contributed by atoms with Crippen molar-refractivity contribution >= 4 is 23.5 Å². The summed E-state index contributed by atoms with van der Waals surface area (Å²) in [5.74, 6) is -1.67. The minimum Gasteiger partial charge on any atom is -0.478 e. The quantitative estimate of drug-likeness (QED) is 0.146. The number of hydrogen-bond donors (Lipinski definition) is 1. The van der Waals surface area contributed by atoms with E-state index in [0.717, 1.165) is 38.5 Å². The van der Waals surface area contributed by atoms with Crippen molar-refractivity contribution in [2.75, 3.05) is 0 Å². The van der Waals surface area contributed by atoms with E-state index in [2.05, 4.69) is 67.7 Å². The van der Waals surface area contributed by atoms with E-state index in [0.29, 0.717) is 6.42 Å². The van der Waals surface area contributed by atoms with Crippen molar-refractivity contribution in [2.24, 2.45) is 0 Å². The molecule has 1 aromatic carbocycles. The van der Waals surface area contributed by atoms with E-state index in [1.807, 2.05) is 12.2 Å². The van der Waals surface area contributed by atoms with Crippen LogP contribution in [-0.2, 0) is 4.79 Å². The molecule has 5 heteroatoms. The van der Waals surface area contributed by atoms with Crippen LogP contribution in [0.5, 0.6) is 5.75 Å². The van der Waals surface area contributed by atoms with Gasteiger partial charge in [-0.1, -0.05) is 91.4 Å². The number of ether oxygens (including phenoxy) is 1. The van der Waals surface area contributed by atoms with Crippen molar-refractivity contribution in [3.63, 3.8) is 0 Å². The normalized spacial score (nSPS) is 12.4. The van der Waals surface area contributed by atoms with E-state index in [1.54, 1.807) is 0 Å². The first kappa shape index (κ1) is 28.9. The van der Waals surface area contributed by atoms with Gasteiger partial charge in [0.2, 0.25) is 0 Å². The fourth-order valence-corrected chi connectivity index (χ4v) is 2.94. The summed E-state index contributed by atoms with van der Waals surface area (Å²) in [7, 11) is 0. The fourth-order valence-electron chi connectivity index (χ4n) is 2.77. The van der Waals surface area contributed by atoms with E-state index in [-0.39, 0.29) is 22.8 Å². The first-order valence-corrected chi connectivity index (χ1v) is 12.1. The number of halogens is 1. The number of carboxylic acid groups (broad SMARTS) is 1. The number of benzene rings is 1. The molecule has 4 nitrogen and oxygen atoms in total. The third-order valence-corrected chi connectivity index (χ3v) is 4.74. The number of carbonyl (C=O) groups excluding carboxylic acids is 1. The lowest BCUT2D eigenvalue weighted by Crippen LogP contribution is -2.10. The highest BCUT2D eigenvalue weighted by molar-refractivity contribution is 6.31. The van der Waals surface area contributed by atoms with Crippen molar-refractivity contribution in [1.82, 2.24) is 0 Å². The maximum absolute atomic E-state index is 11.9. The molecule has 0 saturated carbocycles. The predicted octanol–water partition coefficient (Wildman–Crippen LogP) is 8.42. The molecule has 0 aliphatic carbocycles. The zero-order valence-electron chi connectivity index (χ0n) is 19.9. The number of aromatic carboxylic acids is 1. The van der Waals surface area contributed by atoms with Crippen molar-refractivity contribution < 1.29 is 19.4 Å². The van der Waals surface area contributed by atoms with Gasteiger partial charge >= 0.3 is 11.9 Å². The molecule has 34 heavy (non-hydrogen) atoms. The second kappa shape index (κ2) is 19.4. The Morgan fingerprint density at radius 3 is 1.74 bits per heavy atom. The van der Waals surface area contributed by atoms with Crippen LogP contribution in [0.4, 0.5) is 0 Å².